The molecule has 0 spiro atoms. The van der Waals surface area contributed by atoms with Gasteiger partial charge >= 0.3 is 5.76 Å². The highest BCUT2D eigenvalue weighted by Crippen LogP contribution is 2.15. The number of ether oxygens (including phenoxy) is 3. The van der Waals surface area contributed by atoms with E-state index >= 15 is 0 Å². The second-order valence-electron chi connectivity index (χ2n) is 4.46. The minimum atomic E-state index is -0.407. The molecular formula is C14H20N2O5. The van der Waals surface area contributed by atoms with Crippen LogP contribution in [0.2, 0.25) is 0 Å². The van der Waals surface area contributed by atoms with Crippen LogP contribution in [0.1, 0.15) is 0 Å². The van der Waals surface area contributed by atoms with Crippen LogP contribution in [0.4, 0.5) is 5.69 Å². The van der Waals surface area contributed by atoms with Crippen LogP contribution in [0.25, 0.3) is 11.1 Å². The summed E-state index contributed by atoms with van der Waals surface area (Å²) in [5.41, 5.74) is 7.42. The Morgan fingerprint density at radius 3 is 2.62 bits per heavy atom. The van der Waals surface area contributed by atoms with Gasteiger partial charge in [-0.15, -0.1) is 0 Å². The van der Waals surface area contributed by atoms with Crippen LogP contribution >= 0.6 is 0 Å². The first kappa shape index (κ1) is 15.6. The molecule has 0 unspecified atom stereocenters. The van der Waals surface area contributed by atoms with E-state index in [-0.39, 0.29) is 0 Å². The van der Waals surface area contributed by atoms with Crippen LogP contribution in [-0.2, 0) is 20.8 Å². The first-order valence-electron chi connectivity index (χ1n) is 6.75. The van der Waals surface area contributed by atoms with E-state index in [4.69, 9.17) is 24.4 Å². The molecule has 1 aromatic heterocycles. The normalized spacial score (nSPS) is 11.3. The van der Waals surface area contributed by atoms with Gasteiger partial charge in [0.05, 0.1) is 45.1 Å². The first-order chi connectivity index (χ1) is 10.2. The van der Waals surface area contributed by atoms with E-state index in [2.05, 4.69) is 0 Å². The number of aromatic nitrogens is 1. The number of hydrogen-bond donors (Lipinski definition) is 1. The number of benzene rings is 1. The summed E-state index contributed by atoms with van der Waals surface area (Å²) in [5.74, 6) is -0.407. The van der Waals surface area contributed by atoms with Crippen LogP contribution < -0.4 is 11.5 Å². The number of methoxy groups -OCH3 is 1. The van der Waals surface area contributed by atoms with Gasteiger partial charge in [-0.25, -0.2) is 4.79 Å². The Morgan fingerprint density at radius 2 is 1.86 bits per heavy atom. The molecule has 0 atom stereocenters. The number of fused-ring (bicyclic) bond motifs is 1. The van der Waals surface area contributed by atoms with Crippen molar-refractivity contribution >= 4 is 16.8 Å². The zero-order valence-corrected chi connectivity index (χ0v) is 12.0. The maximum absolute atomic E-state index is 11.7. The van der Waals surface area contributed by atoms with Crippen LogP contribution in [0, 0.1) is 0 Å². The summed E-state index contributed by atoms with van der Waals surface area (Å²) in [4.78, 5) is 11.7. The number of anilines is 1. The van der Waals surface area contributed by atoms with Gasteiger partial charge in [0.1, 0.15) is 0 Å². The molecule has 1 heterocycles. The smallest absolute Gasteiger partial charge is 0.408 e. The summed E-state index contributed by atoms with van der Waals surface area (Å²) >= 11 is 0. The number of hydrogen-bond acceptors (Lipinski definition) is 6. The second-order valence-corrected chi connectivity index (χ2v) is 4.46. The minimum absolute atomic E-state index is 0.407. The fourth-order valence-corrected chi connectivity index (χ4v) is 1.91. The summed E-state index contributed by atoms with van der Waals surface area (Å²) < 4.78 is 22.2. The van der Waals surface area contributed by atoms with Crippen molar-refractivity contribution in [2.45, 2.75) is 6.54 Å². The lowest BCUT2D eigenvalue weighted by Gasteiger charge is -2.06. The van der Waals surface area contributed by atoms with E-state index in [1.165, 1.54) is 4.57 Å². The van der Waals surface area contributed by atoms with Gasteiger partial charge in [0.25, 0.3) is 0 Å². The molecule has 1 aromatic carbocycles. The molecule has 0 aliphatic heterocycles. The summed E-state index contributed by atoms with van der Waals surface area (Å²) in [6.07, 6.45) is 0. The molecule has 7 nitrogen and oxygen atoms in total. The summed E-state index contributed by atoms with van der Waals surface area (Å²) in [7, 11) is 1.63. The number of nitrogens with zero attached hydrogens (tertiary/aromatic N) is 1. The average Bonchev–Trinajstić information content (AvgIpc) is 2.76. The van der Waals surface area contributed by atoms with Crippen molar-refractivity contribution in [3.63, 3.8) is 0 Å². The fraction of sp³-hybridized carbons (Fsp3) is 0.500. The number of rotatable bonds is 9. The Hall–Kier alpha value is -1.83. The van der Waals surface area contributed by atoms with E-state index in [0.29, 0.717) is 56.4 Å². The van der Waals surface area contributed by atoms with E-state index in [1.54, 1.807) is 25.3 Å². The van der Waals surface area contributed by atoms with Gasteiger partial charge in [-0.3, -0.25) is 4.57 Å². The Morgan fingerprint density at radius 1 is 1.14 bits per heavy atom. The van der Waals surface area contributed by atoms with Crippen LogP contribution in [-0.4, -0.2) is 44.7 Å². The molecule has 0 saturated carbocycles. The number of nitrogen functional groups attached to an aromatic ring is 1. The lowest BCUT2D eigenvalue weighted by Crippen LogP contribution is -2.18. The van der Waals surface area contributed by atoms with Crippen molar-refractivity contribution in [1.29, 1.82) is 0 Å². The first-order valence-corrected chi connectivity index (χ1v) is 6.75. The minimum Gasteiger partial charge on any atom is -0.408 e. The van der Waals surface area contributed by atoms with E-state index in [0.717, 1.165) is 0 Å². The van der Waals surface area contributed by atoms with Crippen LogP contribution in [0.15, 0.2) is 27.4 Å². The van der Waals surface area contributed by atoms with Crippen LogP contribution in [0.3, 0.4) is 0 Å². The van der Waals surface area contributed by atoms with Gasteiger partial charge in [-0.1, -0.05) is 0 Å². The zero-order chi connectivity index (χ0) is 15.1. The maximum Gasteiger partial charge on any atom is 0.420 e. The standard InChI is InChI=1S/C14H20N2O5/c1-18-6-7-20-9-8-19-5-4-16-12-3-2-11(15)10-13(12)21-14(16)17/h2-3,10H,4-9,15H2,1H3. The molecule has 0 radical (unpaired) electrons. The summed E-state index contributed by atoms with van der Waals surface area (Å²) in [6.45, 7) is 2.93. The van der Waals surface area contributed by atoms with Crippen molar-refractivity contribution in [1.82, 2.24) is 4.57 Å². The predicted molar refractivity (Wildman–Crippen MR) is 78.4 cm³/mol. The molecule has 21 heavy (non-hydrogen) atoms. The third-order valence-electron chi connectivity index (χ3n) is 2.96. The van der Waals surface area contributed by atoms with Crippen molar-refractivity contribution in [3.8, 4) is 0 Å². The molecule has 0 saturated heterocycles. The highest BCUT2D eigenvalue weighted by Gasteiger charge is 2.08. The third-order valence-corrected chi connectivity index (χ3v) is 2.96. The zero-order valence-electron chi connectivity index (χ0n) is 12.0. The molecule has 7 heteroatoms. The van der Waals surface area contributed by atoms with Gasteiger partial charge in [-0.2, -0.15) is 0 Å². The van der Waals surface area contributed by atoms with Crippen molar-refractivity contribution in [2.24, 2.45) is 0 Å². The second kappa shape index (κ2) is 7.82. The monoisotopic (exact) mass is 296 g/mol. The van der Waals surface area contributed by atoms with Crippen molar-refractivity contribution in [2.75, 3.05) is 45.9 Å². The highest BCUT2D eigenvalue weighted by atomic mass is 16.5. The van der Waals surface area contributed by atoms with Gasteiger partial charge in [0, 0.05) is 18.9 Å². The Balaban J connectivity index is 1.79. The highest BCUT2D eigenvalue weighted by molar-refractivity contribution is 5.76. The SMILES string of the molecule is COCCOCCOCCn1c(=O)oc2cc(N)ccc21. The lowest BCUT2D eigenvalue weighted by atomic mass is 10.3. The van der Waals surface area contributed by atoms with Crippen molar-refractivity contribution in [3.05, 3.63) is 28.7 Å². The molecule has 0 aliphatic rings. The molecule has 0 aliphatic carbocycles. The fourth-order valence-electron chi connectivity index (χ4n) is 1.91. The topological polar surface area (TPSA) is 88.9 Å². The molecule has 0 fully saturated rings. The Kier molecular flexibility index (Phi) is 5.79. The molecule has 2 N–H and O–H groups in total. The summed E-state index contributed by atoms with van der Waals surface area (Å²) in [5, 5.41) is 0. The summed E-state index contributed by atoms with van der Waals surface area (Å²) in [6, 6.07) is 5.14. The largest absolute Gasteiger partial charge is 0.420 e. The number of oxazole rings is 1. The number of nitrogens with two attached hydrogens (primary N) is 1. The van der Waals surface area contributed by atoms with E-state index in [1.807, 2.05) is 0 Å². The van der Waals surface area contributed by atoms with Gasteiger partial charge in [0.15, 0.2) is 5.58 Å². The van der Waals surface area contributed by atoms with Gasteiger partial charge in [-0.05, 0) is 12.1 Å². The maximum atomic E-state index is 11.7. The molecule has 2 rings (SSSR count). The average molecular weight is 296 g/mol. The quantitative estimate of drug-likeness (QED) is 0.545. The Bertz CT molecular complexity index is 619. The van der Waals surface area contributed by atoms with Crippen LogP contribution in [0.5, 0.6) is 0 Å². The molecule has 2 aromatic rings. The third kappa shape index (κ3) is 4.32. The molecule has 0 amide bonds. The molecule has 116 valence electrons. The lowest BCUT2D eigenvalue weighted by molar-refractivity contribution is 0.0229. The predicted octanol–water partition coefficient (Wildman–Crippen LogP) is 0.856. The van der Waals surface area contributed by atoms with Gasteiger partial charge in [0.2, 0.25) is 0 Å². The Labute approximate surface area is 122 Å². The molecular weight excluding hydrogens is 276 g/mol. The van der Waals surface area contributed by atoms with E-state index < -0.39 is 5.76 Å². The molecule has 0 bridgehead atoms. The van der Waals surface area contributed by atoms with E-state index in [9.17, 15) is 4.79 Å². The van der Waals surface area contributed by atoms with Crippen molar-refractivity contribution < 1.29 is 18.6 Å². The van der Waals surface area contributed by atoms with Gasteiger partial charge < -0.3 is 24.4 Å².